The van der Waals surface area contributed by atoms with E-state index < -0.39 is 19.7 Å². The van der Waals surface area contributed by atoms with Crippen molar-refractivity contribution in [3.8, 4) is 0 Å². The van der Waals surface area contributed by atoms with Crippen LogP contribution in [0.5, 0.6) is 0 Å². The number of ether oxygens (including phenoxy) is 2. The van der Waals surface area contributed by atoms with Crippen LogP contribution in [0, 0.1) is 5.92 Å². The molecule has 1 fully saturated rings. The lowest BCUT2D eigenvalue weighted by Crippen LogP contribution is -2.47. The van der Waals surface area contributed by atoms with Crippen LogP contribution >= 0.6 is 0 Å². The van der Waals surface area contributed by atoms with Crippen LogP contribution in [-0.2, 0) is 18.7 Å². The number of carbonyl (C=O) groups is 1. The zero-order valence-corrected chi connectivity index (χ0v) is 16.1. The van der Waals surface area contributed by atoms with Gasteiger partial charge in [-0.25, -0.2) is 0 Å². The van der Waals surface area contributed by atoms with E-state index in [1.165, 1.54) is 0 Å². The van der Waals surface area contributed by atoms with Crippen LogP contribution < -0.4 is 0 Å². The molecule has 0 aliphatic carbocycles. The van der Waals surface area contributed by atoms with E-state index in [2.05, 4.69) is 40.8 Å². The third-order valence-electron chi connectivity index (χ3n) is 4.71. The van der Waals surface area contributed by atoms with Crippen LogP contribution in [0.2, 0.25) is 18.1 Å². The molecule has 0 saturated carbocycles. The van der Waals surface area contributed by atoms with Crippen LogP contribution in [0.3, 0.4) is 0 Å². The first-order chi connectivity index (χ1) is 9.24. The Bertz CT molecular complexity index is 386. The lowest BCUT2D eigenvalue weighted by atomic mass is 9.91. The fourth-order valence-electron chi connectivity index (χ4n) is 2.45. The molecule has 0 amide bonds. The van der Waals surface area contributed by atoms with Gasteiger partial charge in [0, 0.05) is 12.5 Å². The van der Waals surface area contributed by atoms with Gasteiger partial charge < -0.3 is 18.7 Å². The number of hydrogen-bond acceptors (Lipinski definition) is 4. The highest BCUT2D eigenvalue weighted by Gasteiger charge is 2.52. The Labute approximate surface area is 130 Å². The van der Waals surface area contributed by atoms with Gasteiger partial charge in [0.25, 0.3) is 0 Å². The summed E-state index contributed by atoms with van der Waals surface area (Å²) >= 11 is 0. The lowest BCUT2D eigenvalue weighted by molar-refractivity contribution is -0.164. The second-order valence-electron chi connectivity index (χ2n) is 8.39. The van der Waals surface area contributed by atoms with Crippen LogP contribution in [0.4, 0.5) is 0 Å². The van der Waals surface area contributed by atoms with Crippen molar-refractivity contribution in [3.05, 3.63) is 0 Å². The Hall–Kier alpha value is -0.233. The van der Waals surface area contributed by atoms with Crippen LogP contribution in [-0.4, -0.2) is 38.7 Å². The van der Waals surface area contributed by atoms with Crippen molar-refractivity contribution in [2.75, 3.05) is 6.61 Å². The molecule has 3 atom stereocenters. The monoisotopic (exact) mass is 316 g/mol. The first-order valence-electron chi connectivity index (χ1n) is 7.72. The summed E-state index contributed by atoms with van der Waals surface area (Å²) in [5.41, 5.74) is -0.903. The van der Waals surface area contributed by atoms with Gasteiger partial charge in [-0.1, -0.05) is 27.7 Å². The normalized spacial score (nSPS) is 31.2. The minimum Gasteiger partial charge on any atom is -0.416 e. The Morgan fingerprint density at radius 1 is 1.29 bits per heavy atom. The van der Waals surface area contributed by atoms with Crippen LogP contribution in [0.15, 0.2) is 0 Å². The quantitative estimate of drug-likeness (QED) is 0.572. The third kappa shape index (κ3) is 4.15. The Kier molecular flexibility index (Phi) is 5.16. The molecule has 124 valence electrons. The number of rotatable bonds is 5. The summed E-state index contributed by atoms with van der Waals surface area (Å²) in [5.74, 6) is -0.637. The van der Waals surface area contributed by atoms with Gasteiger partial charge in [-0.05, 0) is 38.9 Å². The molecule has 1 heterocycles. The minimum atomic E-state index is -1.80. The van der Waals surface area contributed by atoms with E-state index in [1.54, 1.807) is 6.92 Å². The predicted molar refractivity (Wildman–Crippen MR) is 86.8 cm³/mol. The van der Waals surface area contributed by atoms with Crippen molar-refractivity contribution in [1.29, 1.82) is 0 Å². The average Bonchev–Trinajstić information content (AvgIpc) is 2.56. The van der Waals surface area contributed by atoms with E-state index in [0.29, 0.717) is 6.61 Å². The molecule has 0 bridgehead atoms. The molecule has 0 aromatic heterocycles. The summed E-state index contributed by atoms with van der Waals surface area (Å²) in [6, 6.07) is 0. The summed E-state index contributed by atoms with van der Waals surface area (Å²) < 4.78 is 18.0. The molecule has 0 radical (unpaired) electrons. The highest BCUT2D eigenvalue weighted by molar-refractivity contribution is 6.74. The maximum atomic E-state index is 11.5. The average molecular weight is 317 g/mol. The maximum absolute atomic E-state index is 11.5. The molecule has 5 heteroatoms. The van der Waals surface area contributed by atoms with Crippen LogP contribution in [0.1, 0.15) is 48.5 Å². The first-order valence-corrected chi connectivity index (χ1v) is 10.6. The van der Waals surface area contributed by atoms with Gasteiger partial charge in [0.1, 0.15) is 6.10 Å². The van der Waals surface area contributed by atoms with E-state index in [0.717, 1.165) is 6.29 Å². The summed E-state index contributed by atoms with van der Waals surface area (Å²) in [6.45, 7) is 19.2. The van der Waals surface area contributed by atoms with Gasteiger partial charge in [0.2, 0.25) is 0 Å². The largest absolute Gasteiger partial charge is 0.416 e. The smallest absolute Gasteiger partial charge is 0.191 e. The fraction of sp³-hybridized carbons (Fsp3) is 0.938. The van der Waals surface area contributed by atoms with Gasteiger partial charge in [0.05, 0.1) is 0 Å². The van der Waals surface area contributed by atoms with E-state index in [4.69, 9.17) is 13.9 Å². The molecule has 0 aromatic carbocycles. The van der Waals surface area contributed by atoms with E-state index in [-0.39, 0.29) is 17.1 Å². The molecular formula is C16H32O4Si. The second-order valence-corrected chi connectivity index (χ2v) is 13.2. The predicted octanol–water partition coefficient (Wildman–Crippen LogP) is 3.75. The molecule has 3 unspecified atom stereocenters. The second kappa shape index (κ2) is 5.76. The topological polar surface area (TPSA) is 44.8 Å². The van der Waals surface area contributed by atoms with Crippen molar-refractivity contribution in [3.63, 3.8) is 0 Å². The van der Waals surface area contributed by atoms with Gasteiger partial charge >= 0.3 is 0 Å². The molecule has 1 rings (SSSR count). The Morgan fingerprint density at radius 2 is 1.81 bits per heavy atom. The summed E-state index contributed by atoms with van der Waals surface area (Å²) in [6.07, 6.45) is 0.574. The zero-order valence-electron chi connectivity index (χ0n) is 15.1. The molecular weight excluding hydrogens is 284 g/mol. The van der Waals surface area contributed by atoms with Crippen molar-refractivity contribution < 1.29 is 18.7 Å². The molecule has 0 aromatic rings. The summed E-state index contributed by atoms with van der Waals surface area (Å²) in [7, 11) is -1.80. The number of aldehydes is 1. The van der Waals surface area contributed by atoms with Gasteiger partial charge in [-0.15, -0.1) is 0 Å². The van der Waals surface area contributed by atoms with Crippen molar-refractivity contribution in [1.82, 2.24) is 0 Å². The molecule has 0 spiro atoms. The first kappa shape index (κ1) is 18.8. The minimum absolute atomic E-state index is 0.0936. The van der Waals surface area contributed by atoms with Gasteiger partial charge in [-0.3, -0.25) is 0 Å². The fourth-order valence-corrected chi connectivity index (χ4v) is 3.56. The van der Waals surface area contributed by atoms with Crippen LogP contribution in [0.25, 0.3) is 0 Å². The molecule has 21 heavy (non-hydrogen) atoms. The van der Waals surface area contributed by atoms with Gasteiger partial charge in [-0.2, -0.15) is 0 Å². The van der Waals surface area contributed by atoms with Gasteiger partial charge in [0.15, 0.2) is 26.0 Å². The molecule has 1 aliphatic heterocycles. The Balaban J connectivity index is 2.76. The Morgan fingerprint density at radius 3 is 2.24 bits per heavy atom. The third-order valence-corrected chi connectivity index (χ3v) is 9.21. The zero-order chi connectivity index (χ0) is 16.7. The maximum Gasteiger partial charge on any atom is 0.191 e. The molecule has 4 nitrogen and oxygen atoms in total. The summed E-state index contributed by atoms with van der Waals surface area (Å²) in [4.78, 5) is 11.5. The molecule has 0 N–H and O–H groups in total. The highest BCUT2D eigenvalue weighted by atomic mass is 28.4. The number of carbonyl (C=O) groups excluding carboxylic acids is 1. The van der Waals surface area contributed by atoms with Crippen molar-refractivity contribution in [2.24, 2.45) is 5.92 Å². The number of hydrogen-bond donors (Lipinski definition) is 0. The molecule has 1 aliphatic rings. The summed E-state index contributed by atoms with van der Waals surface area (Å²) in [5, 5.41) is 0.174. The van der Waals surface area contributed by atoms with Crippen molar-refractivity contribution >= 4 is 14.6 Å². The lowest BCUT2D eigenvalue weighted by Gasteiger charge is -2.38. The van der Waals surface area contributed by atoms with E-state index in [1.807, 2.05) is 13.8 Å². The van der Waals surface area contributed by atoms with Crippen molar-refractivity contribution in [2.45, 2.75) is 84.1 Å². The molecule has 1 saturated heterocycles. The highest BCUT2D eigenvalue weighted by Crippen LogP contribution is 2.40. The standard InChI is InChI=1S/C16H32O4Si/c1-12(10-18-21(8,9)14(2,3)4)13-16(7,11-17)20-15(5,6)19-13/h11-13H,10H2,1-9H3. The van der Waals surface area contributed by atoms with E-state index in [9.17, 15) is 4.79 Å². The SMILES string of the molecule is CC(CO[Si](C)(C)C(C)(C)C)C1OC(C)(C)OC1(C)C=O. The van der Waals surface area contributed by atoms with E-state index >= 15 is 0 Å².